The van der Waals surface area contributed by atoms with Gasteiger partial charge in [-0.15, -0.1) is 0 Å². The molecule has 0 bridgehead atoms. The summed E-state index contributed by atoms with van der Waals surface area (Å²) in [5.41, 5.74) is 0.184. The van der Waals surface area contributed by atoms with E-state index in [4.69, 9.17) is 11.6 Å². The molecule has 0 fully saturated rings. The summed E-state index contributed by atoms with van der Waals surface area (Å²) in [5.74, 6) is -2.25. The molecule has 0 aromatic heterocycles. The van der Waals surface area contributed by atoms with Gasteiger partial charge >= 0.3 is 0 Å². The Morgan fingerprint density at radius 1 is 1.21 bits per heavy atom. The second-order valence-corrected chi connectivity index (χ2v) is 7.34. The smallest absolute Gasteiger partial charge is 0.246 e. The molecular weight excluding hydrogens is 362 g/mol. The number of hydrogen-bond donors (Lipinski definition) is 1. The lowest BCUT2D eigenvalue weighted by molar-refractivity contribution is -0.116. The number of halogens is 3. The van der Waals surface area contributed by atoms with Crippen LogP contribution in [0.2, 0.25) is 5.02 Å². The number of hydrogen-bond acceptors (Lipinski definition) is 3. The Kier molecular flexibility index (Phi) is 5.53. The first kappa shape index (κ1) is 18.3. The number of rotatable bonds is 5. The van der Waals surface area contributed by atoms with Gasteiger partial charge in [0.1, 0.15) is 16.5 Å². The standard InChI is InChI=1S/C15H13ClF2N2O3S/c1-20(9-15(21)19-12-4-2-3-11(17)8-12)24(22,23)14-6-5-10(16)7-13(14)18/h2-8H,9H2,1H3,(H,19,21). The predicted molar refractivity (Wildman–Crippen MR) is 86.3 cm³/mol. The number of nitrogens with zero attached hydrogens (tertiary/aromatic N) is 1. The van der Waals surface area contributed by atoms with Crippen LogP contribution in [0, 0.1) is 11.6 Å². The fourth-order valence-electron chi connectivity index (χ4n) is 1.91. The van der Waals surface area contributed by atoms with Gasteiger partial charge in [-0.1, -0.05) is 17.7 Å². The van der Waals surface area contributed by atoms with Crippen molar-refractivity contribution >= 4 is 33.2 Å². The largest absolute Gasteiger partial charge is 0.325 e. The summed E-state index contributed by atoms with van der Waals surface area (Å²) in [5, 5.41) is 2.41. The Bertz CT molecular complexity index is 875. The van der Waals surface area contributed by atoms with Gasteiger partial charge in [-0.3, -0.25) is 4.79 Å². The van der Waals surface area contributed by atoms with Gasteiger partial charge in [0.15, 0.2) is 0 Å². The second kappa shape index (κ2) is 7.25. The van der Waals surface area contributed by atoms with E-state index >= 15 is 0 Å². The van der Waals surface area contributed by atoms with E-state index in [0.717, 1.165) is 25.2 Å². The molecule has 5 nitrogen and oxygen atoms in total. The summed E-state index contributed by atoms with van der Waals surface area (Å²) >= 11 is 5.59. The summed E-state index contributed by atoms with van der Waals surface area (Å²) in [6.45, 7) is -0.569. The molecule has 0 saturated carbocycles. The van der Waals surface area contributed by atoms with Crippen molar-refractivity contribution in [1.82, 2.24) is 4.31 Å². The van der Waals surface area contributed by atoms with Crippen LogP contribution >= 0.6 is 11.6 Å². The highest BCUT2D eigenvalue weighted by Crippen LogP contribution is 2.21. The summed E-state index contributed by atoms with van der Waals surface area (Å²) < 4.78 is 52.2. The summed E-state index contributed by atoms with van der Waals surface area (Å²) in [6.07, 6.45) is 0. The Morgan fingerprint density at radius 2 is 1.92 bits per heavy atom. The maximum atomic E-state index is 13.8. The zero-order valence-electron chi connectivity index (χ0n) is 12.5. The molecule has 0 radical (unpaired) electrons. The third-order valence-corrected chi connectivity index (χ3v) is 5.13. The van der Waals surface area contributed by atoms with Crippen LogP contribution in [0.5, 0.6) is 0 Å². The van der Waals surface area contributed by atoms with E-state index in [1.807, 2.05) is 0 Å². The summed E-state index contributed by atoms with van der Waals surface area (Å²) in [4.78, 5) is 11.3. The molecular formula is C15H13ClF2N2O3S. The van der Waals surface area contributed by atoms with Crippen molar-refractivity contribution in [2.24, 2.45) is 0 Å². The number of carbonyl (C=O) groups is 1. The normalized spacial score (nSPS) is 11.5. The molecule has 2 aromatic carbocycles. The monoisotopic (exact) mass is 374 g/mol. The van der Waals surface area contributed by atoms with Gasteiger partial charge in [-0.25, -0.2) is 17.2 Å². The maximum absolute atomic E-state index is 13.8. The Morgan fingerprint density at radius 3 is 2.54 bits per heavy atom. The van der Waals surface area contributed by atoms with Crippen LogP contribution in [0.1, 0.15) is 0 Å². The zero-order valence-corrected chi connectivity index (χ0v) is 14.0. The molecule has 0 saturated heterocycles. The molecule has 0 aliphatic carbocycles. The lowest BCUT2D eigenvalue weighted by Gasteiger charge is -2.17. The van der Waals surface area contributed by atoms with Crippen molar-refractivity contribution in [2.45, 2.75) is 4.90 Å². The van der Waals surface area contributed by atoms with Crippen molar-refractivity contribution in [2.75, 3.05) is 18.9 Å². The van der Waals surface area contributed by atoms with Crippen LogP contribution in [0.25, 0.3) is 0 Å². The molecule has 0 aliphatic heterocycles. The van der Waals surface area contributed by atoms with Gasteiger partial charge in [0.25, 0.3) is 0 Å². The molecule has 1 N–H and O–H groups in total. The molecule has 0 atom stereocenters. The van der Waals surface area contributed by atoms with E-state index in [0.29, 0.717) is 4.31 Å². The van der Waals surface area contributed by atoms with E-state index in [1.165, 1.54) is 24.3 Å². The Labute approximate surface area is 142 Å². The Hall–Kier alpha value is -2.03. The Balaban J connectivity index is 2.12. The molecule has 0 unspecified atom stereocenters. The van der Waals surface area contributed by atoms with E-state index in [1.54, 1.807) is 0 Å². The quantitative estimate of drug-likeness (QED) is 0.875. The second-order valence-electron chi connectivity index (χ2n) is 4.89. The number of benzene rings is 2. The van der Waals surface area contributed by atoms with Gasteiger partial charge < -0.3 is 5.32 Å². The molecule has 128 valence electrons. The number of anilines is 1. The van der Waals surface area contributed by atoms with E-state index in [2.05, 4.69) is 5.32 Å². The number of sulfonamides is 1. The highest BCUT2D eigenvalue weighted by molar-refractivity contribution is 7.89. The topological polar surface area (TPSA) is 66.5 Å². The SMILES string of the molecule is CN(CC(=O)Nc1cccc(F)c1)S(=O)(=O)c1ccc(Cl)cc1F. The lowest BCUT2D eigenvalue weighted by atomic mass is 10.3. The van der Waals surface area contributed by atoms with Crippen LogP contribution in [0.3, 0.4) is 0 Å². The van der Waals surface area contributed by atoms with Crippen molar-refractivity contribution in [3.63, 3.8) is 0 Å². The molecule has 0 heterocycles. The minimum Gasteiger partial charge on any atom is -0.325 e. The highest BCUT2D eigenvalue weighted by atomic mass is 35.5. The lowest BCUT2D eigenvalue weighted by Crippen LogP contribution is -2.35. The molecule has 0 spiro atoms. The van der Waals surface area contributed by atoms with Crippen molar-refractivity contribution in [3.8, 4) is 0 Å². The predicted octanol–water partition coefficient (Wildman–Crippen LogP) is 2.88. The van der Waals surface area contributed by atoms with Crippen LogP contribution in [-0.2, 0) is 14.8 Å². The van der Waals surface area contributed by atoms with Crippen LogP contribution in [-0.4, -0.2) is 32.2 Å². The number of nitrogens with one attached hydrogen (secondary N) is 1. The number of likely N-dealkylation sites (N-methyl/N-ethyl adjacent to an activating group) is 1. The average molecular weight is 375 g/mol. The summed E-state index contributed by atoms with van der Waals surface area (Å²) in [7, 11) is -3.08. The minimum atomic E-state index is -4.22. The molecule has 1 amide bonds. The highest BCUT2D eigenvalue weighted by Gasteiger charge is 2.26. The van der Waals surface area contributed by atoms with Crippen molar-refractivity contribution in [3.05, 3.63) is 59.1 Å². The third-order valence-electron chi connectivity index (χ3n) is 3.06. The van der Waals surface area contributed by atoms with Gasteiger partial charge in [0.05, 0.1) is 6.54 Å². The fraction of sp³-hybridized carbons (Fsp3) is 0.133. The first-order valence-corrected chi connectivity index (χ1v) is 8.49. The van der Waals surface area contributed by atoms with Gasteiger partial charge in [-0.2, -0.15) is 4.31 Å². The van der Waals surface area contributed by atoms with E-state index in [-0.39, 0.29) is 10.7 Å². The van der Waals surface area contributed by atoms with Crippen molar-refractivity contribution in [1.29, 1.82) is 0 Å². The minimum absolute atomic E-state index is 0.0537. The zero-order chi connectivity index (χ0) is 17.9. The number of carbonyl (C=O) groups excluding carboxylic acids is 1. The maximum Gasteiger partial charge on any atom is 0.246 e. The van der Waals surface area contributed by atoms with Crippen molar-refractivity contribution < 1.29 is 22.0 Å². The first-order valence-electron chi connectivity index (χ1n) is 6.67. The average Bonchev–Trinajstić information content (AvgIpc) is 2.46. The fourth-order valence-corrected chi connectivity index (χ4v) is 3.23. The molecule has 0 aliphatic rings. The molecule has 2 aromatic rings. The van der Waals surface area contributed by atoms with Crippen LogP contribution < -0.4 is 5.32 Å². The summed E-state index contributed by atoms with van der Waals surface area (Å²) in [6, 6.07) is 8.27. The first-order chi connectivity index (χ1) is 11.2. The van der Waals surface area contributed by atoms with Crippen LogP contribution in [0.15, 0.2) is 47.4 Å². The van der Waals surface area contributed by atoms with Gasteiger partial charge in [0, 0.05) is 17.8 Å². The van der Waals surface area contributed by atoms with E-state index < -0.39 is 39.0 Å². The van der Waals surface area contributed by atoms with Gasteiger partial charge in [0.2, 0.25) is 15.9 Å². The molecule has 9 heteroatoms. The number of amides is 1. The van der Waals surface area contributed by atoms with Gasteiger partial charge in [-0.05, 0) is 36.4 Å². The third kappa shape index (κ3) is 4.28. The molecule has 2 rings (SSSR count). The molecule has 24 heavy (non-hydrogen) atoms. The van der Waals surface area contributed by atoms with E-state index in [9.17, 15) is 22.0 Å². The van der Waals surface area contributed by atoms with Crippen LogP contribution in [0.4, 0.5) is 14.5 Å².